The lowest BCUT2D eigenvalue weighted by molar-refractivity contribution is 0.0266. The monoisotopic (exact) mass is 481 g/mol. The lowest BCUT2D eigenvalue weighted by atomic mass is 9.77. The Labute approximate surface area is 200 Å². The summed E-state index contributed by atoms with van der Waals surface area (Å²) in [6.45, 7) is 8.48. The predicted molar refractivity (Wildman–Crippen MR) is 128 cm³/mol. The molecule has 2 saturated heterocycles. The number of methoxy groups -OCH3 is 2. The Hall–Kier alpha value is -2.48. The third-order valence-corrected chi connectivity index (χ3v) is 6.53. The lowest BCUT2D eigenvalue weighted by Gasteiger charge is -2.40. The normalized spacial score (nSPS) is 17.8. The van der Waals surface area contributed by atoms with Crippen LogP contribution in [0.4, 0.5) is 14.9 Å². The smallest absolute Gasteiger partial charge is 0.410 e. The zero-order valence-electron chi connectivity index (χ0n) is 19.9. The van der Waals surface area contributed by atoms with Crippen LogP contribution in [0.5, 0.6) is 11.5 Å². The van der Waals surface area contributed by atoms with Gasteiger partial charge in [-0.1, -0.05) is 0 Å². The van der Waals surface area contributed by atoms with Crippen molar-refractivity contribution in [3.63, 3.8) is 0 Å². The summed E-state index contributed by atoms with van der Waals surface area (Å²) < 4.78 is 31.3. The quantitative estimate of drug-likeness (QED) is 0.612. The number of halogens is 2. The molecule has 1 aromatic heterocycles. The van der Waals surface area contributed by atoms with Crippen LogP contribution in [-0.2, 0) is 4.74 Å². The minimum absolute atomic E-state index is 0. The number of fused-ring (bicyclic) bond motifs is 1. The second-order valence-corrected chi connectivity index (χ2v) is 9.82. The molecule has 0 bridgehead atoms. The standard InChI is InChI=1S/C24H32FN3O4.ClH/c1-23(2,3)32-22(29)28-11-8-24(15-28)6-9-27(10-7-24)21-16-12-19(30-4)20(31-5)13-18(16)26-14-17(21)25;/h12-14H,6-11,15H2,1-5H3;1H. The van der Waals surface area contributed by atoms with Gasteiger partial charge in [0.05, 0.1) is 31.6 Å². The molecule has 0 radical (unpaired) electrons. The Morgan fingerprint density at radius 3 is 2.27 bits per heavy atom. The Morgan fingerprint density at radius 2 is 1.67 bits per heavy atom. The van der Waals surface area contributed by atoms with Crippen LogP contribution in [0.15, 0.2) is 18.3 Å². The minimum Gasteiger partial charge on any atom is -0.493 e. The van der Waals surface area contributed by atoms with E-state index in [1.807, 2.05) is 25.7 Å². The van der Waals surface area contributed by atoms with Crippen LogP contribution in [0.2, 0.25) is 0 Å². The van der Waals surface area contributed by atoms with Crippen LogP contribution < -0.4 is 14.4 Å². The molecule has 1 spiro atoms. The van der Waals surface area contributed by atoms with E-state index in [-0.39, 0.29) is 29.7 Å². The molecule has 2 aromatic rings. The van der Waals surface area contributed by atoms with Crippen molar-refractivity contribution in [2.45, 2.75) is 45.6 Å². The molecule has 0 aliphatic carbocycles. The Kier molecular flexibility index (Phi) is 7.17. The predicted octanol–water partition coefficient (Wildman–Crippen LogP) is 5.04. The van der Waals surface area contributed by atoms with E-state index in [0.717, 1.165) is 19.3 Å². The average molecular weight is 482 g/mol. The van der Waals surface area contributed by atoms with Gasteiger partial charge in [0.1, 0.15) is 5.60 Å². The second-order valence-electron chi connectivity index (χ2n) is 9.82. The van der Waals surface area contributed by atoms with E-state index < -0.39 is 5.60 Å². The van der Waals surface area contributed by atoms with Gasteiger partial charge in [0, 0.05) is 37.6 Å². The summed E-state index contributed by atoms with van der Waals surface area (Å²) in [4.78, 5) is 20.7. The van der Waals surface area contributed by atoms with Gasteiger partial charge in [0.25, 0.3) is 0 Å². The summed E-state index contributed by atoms with van der Waals surface area (Å²) in [5, 5.41) is 0.709. The number of likely N-dealkylation sites (tertiary alicyclic amines) is 1. The number of benzene rings is 1. The number of anilines is 1. The van der Waals surface area contributed by atoms with Crippen LogP contribution in [0.25, 0.3) is 10.9 Å². The first-order chi connectivity index (χ1) is 15.1. The zero-order chi connectivity index (χ0) is 23.1. The Balaban J connectivity index is 0.00000306. The van der Waals surface area contributed by atoms with Gasteiger partial charge in [-0.15, -0.1) is 12.4 Å². The molecule has 9 heteroatoms. The van der Waals surface area contributed by atoms with Gasteiger partial charge < -0.3 is 24.0 Å². The third-order valence-electron chi connectivity index (χ3n) is 6.53. The maximum absolute atomic E-state index is 15.0. The Morgan fingerprint density at radius 1 is 1.06 bits per heavy atom. The maximum Gasteiger partial charge on any atom is 0.410 e. The van der Waals surface area contributed by atoms with Crippen molar-refractivity contribution in [2.75, 3.05) is 45.3 Å². The number of hydrogen-bond acceptors (Lipinski definition) is 6. The van der Waals surface area contributed by atoms with E-state index in [2.05, 4.69) is 9.88 Å². The first-order valence-electron chi connectivity index (χ1n) is 11.1. The van der Waals surface area contributed by atoms with Crippen LogP contribution in [-0.4, -0.2) is 62.0 Å². The molecule has 4 rings (SSSR count). The van der Waals surface area contributed by atoms with Gasteiger partial charge in [-0.2, -0.15) is 0 Å². The lowest BCUT2D eigenvalue weighted by Crippen LogP contribution is -2.43. The number of aromatic nitrogens is 1. The summed E-state index contributed by atoms with van der Waals surface area (Å²) >= 11 is 0. The van der Waals surface area contributed by atoms with Crippen molar-refractivity contribution in [3.05, 3.63) is 24.1 Å². The molecule has 1 aromatic carbocycles. The molecule has 0 N–H and O–H groups in total. The number of piperidine rings is 1. The van der Waals surface area contributed by atoms with E-state index in [1.54, 1.807) is 26.4 Å². The fourth-order valence-corrected chi connectivity index (χ4v) is 4.83. The number of pyridine rings is 1. The highest BCUT2D eigenvalue weighted by Crippen LogP contribution is 2.44. The summed E-state index contributed by atoms with van der Waals surface area (Å²) in [6, 6.07) is 3.57. The molecule has 0 atom stereocenters. The van der Waals surface area contributed by atoms with E-state index in [1.165, 1.54) is 6.20 Å². The summed E-state index contributed by atoms with van der Waals surface area (Å²) in [6.07, 6.45) is 3.76. The molecule has 2 aliphatic heterocycles. The van der Waals surface area contributed by atoms with E-state index >= 15 is 0 Å². The SMILES string of the molecule is COc1cc2ncc(F)c(N3CCC4(CCN(C(=O)OC(C)(C)C)C4)CC3)c2cc1OC.Cl. The maximum atomic E-state index is 15.0. The number of nitrogens with zero attached hydrogens (tertiary/aromatic N) is 3. The van der Waals surface area contributed by atoms with Crippen molar-refractivity contribution in [2.24, 2.45) is 5.41 Å². The van der Waals surface area contributed by atoms with E-state index in [4.69, 9.17) is 14.2 Å². The largest absolute Gasteiger partial charge is 0.493 e. The molecule has 2 aliphatic rings. The third kappa shape index (κ3) is 5.05. The summed E-state index contributed by atoms with van der Waals surface area (Å²) in [5.41, 5.74) is 0.775. The van der Waals surface area contributed by atoms with Crippen LogP contribution in [0.1, 0.15) is 40.0 Å². The molecular weight excluding hydrogens is 449 g/mol. The van der Waals surface area contributed by atoms with Crippen LogP contribution in [0, 0.1) is 11.2 Å². The first kappa shape index (κ1) is 25.1. The fourth-order valence-electron chi connectivity index (χ4n) is 4.83. The highest BCUT2D eigenvalue weighted by Gasteiger charge is 2.43. The first-order valence-corrected chi connectivity index (χ1v) is 11.1. The molecule has 3 heterocycles. The van der Waals surface area contributed by atoms with Crippen LogP contribution in [0.3, 0.4) is 0 Å². The van der Waals surface area contributed by atoms with Gasteiger partial charge in [-0.3, -0.25) is 4.98 Å². The van der Waals surface area contributed by atoms with Gasteiger partial charge in [-0.05, 0) is 51.5 Å². The molecule has 7 nitrogen and oxygen atoms in total. The number of carbonyl (C=O) groups is 1. The number of carbonyl (C=O) groups excluding carboxylic acids is 1. The fraction of sp³-hybridized carbons (Fsp3) is 0.583. The molecule has 0 unspecified atom stereocenters. The second kappa shape index (κ2) is 9.41. The topological polar surface area (TPSA) is 64.1 Å². The van der Waals surface area contributed by atoms with Crippen molar-refractivity contribution in [1.82, 2.24) is 9.88 Å². The van der Waals surface area contributed by atoms with Gasteiger partial charge in [0.2, 0.25) is 0 Å². The van der Waals surface area contributed by atoms with Gasteiger partial charge in [0.15, 0.2) is 17.3 Å². The highest BCUT2D eigenvalue weighted by molar-refractivity contribution is 5.94. The van der Waals surface area contributed by atoms with E-state index in [0.29, 0.717) is 54.3 Å². The molecule has 182 valence electrons. The van der Waals surface area contributed by atoms with Crippen molar-refractivity contribution in [3.8, 4) is 11.5 Å². The van der Waals surface area contributed by atoms with Crippen molar-refractivity contribution >= 4 is 35.1 Å². The molecule has 2 fully saturated rings. The van der Waals surface area contributed by atoms with Crippen molar-refractivity contribution in [1.29, 1.82) is 0 Å². The molecular formula is C24H33ClFN3O4. The molecule has 1 amide bonds. The minimum atomic E-state index is -0.500. The number of rotatable bonds is 3. The Bertz CT molecular complexity index is 1020. The highest BCUT2D eigenvalue weighted by atomic mass is 35.5. The number of hydrogen-bond donors (Lipinski definition) is 0. The number of ether oxygens (including phenoxy) is 3. The average Bonchev–Trinajstić information content (AvgIpc) is 3.16. The van der Waals surface area contributed by atoms with Crippen LogP contribution >= 0.6 is 12.4 Å². The van der Waals surface area contributed by atoms with Gasteiger partial charge in [-0.25, -0.2) is 9.18 Å². The van der Waals surface area contributed by atoms with E-state index in [9.17, 15) is 9.18 Å². The van der Waals surface area contributed by atoms with Crippen molar-refractivity contribution < 1.29 is 23.4 Å². The summed E-state index contributed by atoms with van der Waals surface area (Å²) in [7, 11) is 3.14. The molecule has 0 saturated carbocycles. The number of amides is 1. The zero-order valence-corrected chi connectivity index (χ0v) is 20.8. The molecule has 33 heavy (non-hydrogen) atoms. The summed E-state index contributed by atoms with van der Waals surface area (Å²) in [5.74, 6) is 0.768. The van der Waals surface area contributed by atoms with Gasteiger partial charge >= 0.3 is 6.09 Å².